The van der Waals surface area contributed by atoms with Crippen molar-refractivity contribution in [1.29, 1.82) is 0 Å². The summed E-state index contributed by atoms with van der Waals surface area (Å²) < 4.78 is 0. The highest BCUT2D eigenvalue weighted by molar-refractivity contribution is 5.82. The van der Waals surface area contributed by atoms with Gasteiger partial charge in [0.2, 0.25) is 5.91 Å². The van der Waals surface area contributed by atoms with Crippen molar-refractivity contribution in [2.24, 2.45) is 5.92 Å². The molecule has 12 heavy (non-hydrogen) atoms. The average molecular weight is 174 g/mol. The van der Waals surface area contributed by atoms with Gasteiger partial charge >= 0.3 is 5.97 Å². The van der Waals surface area contributed by atoms with E-state index in [2.05, 4.69) is 10.9 Å². The zero-order valence-corrected chi connectivity index (χ0v) is 7.26. The van der Waals surface area contributed by atoms with E-state index >= 15 is 0 Å². The lowest BCUT2D eigenvalue weighted by molar-refractivity contribution is -0.141. The van der Waals surface area contributed by atoms with Crippen molar-refractivity contribution in [3.63, 3.8) is 0 Å². The van der Waals surface area contributed by atoms with Gasteiger partial charge in [0.15, 0.2) is 0 Å². The van der Waals surface area contributed by atoms with Gasteiger partial charge in [-0.25, -0.2) is 5.43 Å². The summed E-state index contributed by atoms with van der Waals surface area (Å²) in [5.41, 5.74) is 4.99. The lowest BCUT2D eigenvalue weighted by Crippen LogP contribution is -2.40. The number of carboxylic acids is 1. The van der Waals surface area contributed by atoms with Gasteiger partial charge in [-0.1, -0.05) is 13.8 Å². The standard InChI is InChI=1S/C7H14N2O3/c1-3-8-9-7(12)5(2)4-6(10)11/h5,8H,3-4H2,1-2H3,(H,9,12)(H,10,11). The fraction of sp³-hybridized carbons (Fsp3) is 0.714. The molecule has 5 nitrogen and oxygen atoms in total. The maximum absolute atomic E-state index is 11.0. The Balaban J connectivity index is 3.69. The first-order chi connectivity index (χ1) is 5.57. The number of nitrogens with one attached hydrogen (secondary N) is 2. The second-order valence-corrected chi connectivity index (χ2v) is 2.52. The summed E-state index contributed by atoms with van der Waals surface area (Å²) in [5.74, 6) is -1.75. The quantitative estimate of drug-likeness (QED) is 0.502. The predicted octanol–water partition coefficient (Wildman–Crippen LogP) is -0.262. The van der Waals surface area contributed by atoms with E-state index in [1.807, 2.05) is 6.92 Å². The largest absolute Gasteiger partial charge is 0.481 e. The maximum atomic E-state index is 11.0. The van der Waals surface area contributed by atoms with E-state index in [9.17, 15) is 9.59 Å². The zero-order chi connectivity index (χ0) is 9.56. The molecule has 0 aliphatic heterocycles. The summed E-state index contributed by atoms with van der Waals surface area (Å²) in [4.78, 5) is 21.2. The van der Waals surface area contributed by atoms with Crippen molar-refractivity contribution in [3.05, 3.63) is 0 Å². The molecule has 0 spiro atoms. The fourth-order valence-electron chi connectivity index (χ4n) is 0.653. The van der Waals surface area contributed by atoms with Crippen LogP contribution >= 0.6 is 0 Å². The van der Waals surface area contributed by atoms with Crippen LogP contribution in [0.15, 0.2) is 0 Å². The van der Waals surface area contributed by atoms with E-state index in [-0.39, 0.29) is 12.3 Å². The van der Waals surface area contributed by atoms with E-state index in [0.29, 0.717) is 6.54 Å². The minimum Gasteiger partial charge on any atom is -0.481 e. The first-order valence-electron chi connectivity index (χ1n) is 3.82. The molecule has 1 amide bonds. The fourth-order valence-corrected chi connectivity index (χ4v) is 0.653. The zero-order valence-electron chi connectivity index (χ0n) is 7.26. The molecule has 1 unspecified atom stereocenters. The first kappa shape index (κ1) is 10.9. The van der Waals surface area contributed by atoms with E-state index < -0.39 is 11.9 Å². The summed E-state index contributed by atoms with van der Waals surface area (Å²) in [6.45, 7) is 4.02. The van der Waals surface area contributed by atoms with Crippen molar-refractivity contribution in [2.45, 2.75) is 20.3 Å². The van der Waals surface area contributed by atoms with E-state index in [1.165, 1.54) is 0 Å². The molecule has 0 saturated carbocycles. The molecule has 0 heterocycles. The minimum absolute atomic E-state index is 0.142. The number of amides is 1. The number of hydrogen-bond acceptors (Lipinski definition) is 3. The molecule has 0 fully saturated rings. The maximum Gasteiger partial charge on any atom is 0.304 e. The topological polar surface area (TPSA) is 78.4 Å². The Hall–Kier alpha value is -1.10. The van der Waals surface area contributed by atoms with Crippen LogP contribution in [0.3, 0.4) is 0 Å². The molecule has 0 rings (SSSR count). The second kappa shape index (κ2) is 5.54. The third-order valence-corrected chi connectivity index (χ3v) is 1.32. The second-order valence-electron chi connectivity index (χ2n) is 2.52. The third kappa shape index (κ3) is 4.68. The van der Waals surface area contributed by atoms with Crippen LogP contribution < -0.4 is 10.9 Å². The molecular weight excluding hydrogens is 160 g/mol. The van der Waals surface area contributed by atoms with Crippen molar-refractivity contribution in [2.75, 3.05) is 6.54 Å². The number of hydrazine groups is 1. The van der Waals surface area contributed by atoms with Crippen molar-refractivity contribution in [1.82, 2.24) is 10.9 Å². The summed E-state index contributed by atoms with van der Waals surface area (Å²) in [6, 6.07) is 0. The van der Waals surface area contributed by atoms with Crippen molar-refractivity contribution in [3.8, 4) is 0 Å². The summed E-state index contributed by atoms with van der Waals surface area (Å²) in [7, 11) is 0. The first-order valence-corrected chi connectivity index (χ1v) is 3.82. The van der Waals surface area contributed by atoms with Gasteiger partial charge < -0.3 is 5.11 Å². The molecule has 0 aromatic heterocycles. The molecule has 0 aliphatic rings. The van der Waals surface area contributed by atoms with Gasteiger partial charge in [-0.2, -0.15) is 0 Å². The van der Waals surface area contributed by atoms with Crippen molar-refractivity contribution < 1.29 is 14.7 Å². The Morgan fingerprint density at radius 3 is 2.50 bits per heavy atom. The monoisotopic (exact) mass is 174 g/mol. The molecule has 70 valence electrons. The molecule has 0 aromatic rings. The Morgan fingerprint density at radius 1 is 1.50 bits per heavy atom. The molecule has 0 aromatic carbocycles. The normalized spacial score (nSPS) is 12.2. The Kier molecular flexibility index (Phi) is 5.03. The highest BCUT2D eigenvalue weighted by Crippen LogP contribution is 2.00. The van der Waals surface area contributed by atoms with Crippen LogP contribution in [0.2, 0.25) is 0 Å². The van der Waals surface area contributed by atoms with Gasteiger partial charge in [0.05, 0.1) is 6.42 Å². The van der Waals surface area contributed by atoms with E-state index in [4.69, 9.17) is 5.11 Å². The molecule has 0 bridgehead atoms. The van der Waals surface area contributed by atoms with Gasteiger partial charge in [0.25, 0.3) is 0 Å². The van der Waals surface area contributed by atoms with Gasteiger partial charge in [0.1, 0.15) is 0 Å². The molecule has 5 heteroatoms. The average Bonchev–Trinajstić information content (AvgIpc) is 1.98. The molecule has 3 N–H and O–H groups in total. The summed E-state index contributed by atoms with van der Waals surface area (Å²) >= 11 is 0. The molecule has 0 radical (unpaired) electrons. The van der Waals surface area contributed by atoms with Crippen molar-refractivity contribution >= 4 is 11.9 Å². The van der Waals surface area contributed by atoms with E-state index in [0.717, 1.165) is 0 Å². The van der Waals surface area contributed by atoms with Gasteiger partial charge in [-0.3, -0.25) is 15.0 Å². The highest BCUT2D eigenvalue weighted by Gasteiger charge is 2.15. The Morgan fingerprint density at radius 2 is 2.08 bits per heavy atom. The molecular formula is C7H14N2O3. The van der Waals surface area contributed by atoms with Gasteiger partial charge in [-0.15, -0.1) is 0 Å². The lowest BCUT2D eigenvalue weighted by atomic mass is 10.1. The molecule has 1 atom stereocenters. The number of aliphatic carboxylic acids is 1. The number of rotatable bonds is 5. The van der Waals surface area contributed by atoms with Crippen LogP contribution in [0, 0.1) is 5.92 Å². The van der Waals surface area contributed by atoms with Crippen LogP contribution in [-0.2, 0) is 9.59 Å². The minimum atomic E-state index is -0.964. The van der Waals surface area contributed by atoms with Crippen LogP contribution in [0.4, 0.5) is 0 Å². The van der Waals surface area contributed by atoms with Crippen LogP contribution in [0.1, 0.15) is 20.3 Å². The molecule has 0 aliphatic carbocycles. The Labute approximate surface area is 71.1 Å². The number of carbonyl (C=O) groups excluding carboxylic acids is 1. The van der Waals surface area contributed by atoms with Crippen LogP contribution in [0.5, 0.6) is 0 Å². The van der Waals surface area contributed by atoms with Crippen LogP contribution in [-0.4, -0.2) is 23.5 Å². The predicted molar refractivity (Wildman–Crippen MR) is 43.2 cm³/mol. The lowest BCUT2D eigenvalue weighted by Gasteiger charge is -2.09. The Bertz CT molecular complexity index is 170. The van der Waals surface area contributed by atoms with Gasteiger partial charge in [0, 0.05) is 12.5 Å². The number of hydrogen-bond donors (Lipinski definition) is 3. The third-order valence-electron chi connectivity index (χ3n) is 1.32. The van der Waals surface area contributed by atoms with Crippen LogP contribution in [0.25, 0.3) is 0 Å². The SMILES string of the molecule is CCNNC(=O)C(C)CC(=O)O. The number of carboxylic acid groups (broad SMARTS) is 1. The van der Waals surface area contributed by atoms with Gasteiger partial charge in [-0.05, 0) is 0 Å². The van der Waals surface area contributed by atoms with E-state index in [1.54, 1.807) is 6.92 Å². The number of carbonyl (C=O) groups is 2. The highest BCUT2D eigenvalue weighted by atomic mass is 16.4. The molecule has 0 saturated heterocycles. The summed E-state index contributed by atoms with van der Waals surface area (Å²) in [5, 5.41) is 8.36. The summed E-state index contributed by atoms with van der Waals surface area (Å²) in [6.07, 6.45) is -0.142. The smallest absolute Gasteiger partial charge is 0.304 e.